The van der Waals surface area contributed by atoms with Gasteiger partial charge in [0, 0.05) is 36.2 Å². The summed E-state index contributed by atoms with van der Waals surface area (Å²) < 4.78 is 18.3. The number of amides is 1. The molecule has 36 heavy (non-hydrogen) atoms. The Kier molecular flexibility index (Phi) is 6.30. The zero-order valence-electron chi connectivity index (χ0n) is 20.3. The fraction of sp³-hybridized carbons (Fsp3) is 0.280. The second kappa shape index (κ2) is 9.70. The van der Waals surface area contributed by atoms with Gasteiger partial charge in [-0.3, -0.25) is 9.78 Å². The highest BCUT2D eigenvalue weighted by molar-refractivity contribution is 5.97. The minimum absolute atomic E-state index is 0.0417. The molecule has 0 aliphatic heterocycles. The van der Waals surface area contributed by atoms with Gasteiger partial charge in [-0.25, -0.2) is 0 Å². The molecule has 5 aromatic rings. The highest BCUT2D eigenvalue weighted by atomic mass is 16.5. The largest absolute Gasteiger partial charge is 0.467 e. The zero-order valence-corrected chi connectivity index (χ0v) is 20.3. The first-order valence-electron chi connectivity index (χ1n) is 11.5. The number of nitrogens with zero attached hydrogens (tertiary/aromatic N) is 6. The molecule has 4 heterocycles. The van der Waals surface area contributed by atoms with Crippen LogP contribution < -0.4 is 10.1 Å². The SMILES string of the molecule is COCc1cc(-c2nnc3c4ccccc4c(OC(C)c4ccc(C(=O)NC(C)C)cn4)nn23)no1. The molecule has 1 N–H and O–H groups in total. The number of aromatic nitrogens is 6. The first-order chi connectivity index (χ1) is 17.4. The summed E-state index contributed by atoms with van der Waals surface area (Å²) in [6, 6.07) is 13.0. The maximum atomic E-state index is 12.2. The lowest BCUT2D eigenvalue weighted by Crippen LogP contribution is -2.30. The number of hydrogen-bond acceptors (Lipinski definition) is 9. The number of ether oxygens (including phenoxy) is 2. The Morgan fingerprint density at radius 3 is 2.64 bits per heavy atom. The molecule has 1 aromatic carbocycles. The van der Waals surface area contributed by atoms with Crippen LogP contribution in [0.1, 0.15) is 48.7 Å². The van der Waals surface area contributed by atoms with Gasteiger partial charge < -0.3 is 19.3 Å². The molecule has 4 aromatic heterocycles. The molecular weight excluding hydrogens is 462 g/mol. The molecule has 1 unspecified atom stereocenters. The van der Waals surface area contributed by atoms with Crippen LogP contribution in [0.4, 0.5) is 0 Å². The van der Waals surface area contributed by atoms with Crippen molar-refractivity contribution in [2.75, 3.05) is 7.11 Å². The van der Waals surface area contributed by atoms with E-state index in [4.69, 9.17) is 19.1 Å². The van der Waals surface area contributed by atoms with E-state index in [0.717, 1.165) is 10.8 Å². The van der Waals surface area contributed by atoms with Crippen LogP contribution in [0.3, 0.4) is 0 Å². The van der Waals surface area contributed by atoms with Gasteiger partial charge in [-0.2, -0.15) is 4.52 Å². The maximum Gasteiger partial charge on any atom is 0.253 e. The van der Waals surface area contributed by atoms with E-state index in [1.54, 1.807) is 36.0 Å². The molecule has 5 rings (SSSR count). The Balaban J connectivity index is 1.49. The van der Waals surface area contributed by atoms with Crippen LogP contribution in [-0.2, 0) is 11.3 Å². The molecule has 11 heteroatoms. The summed E-state index contributed by atoms with van der Waals surface area (Å²) in [5.74, 6) is 1.19. The lowest BCUT2D eigenvalue weighted by atomic mass is 10.1. The zero-order chi connectivity index (χ0) is 25.2. The second-order valence-corrected chi connectivity index (χ2v) is 8.58. The van der Waals surface area contributed by atoms with Crippen LogP contribution in [0.25, 0.3) is 27.9 Å². The summed E-state index contributed by atoms with van der Waals surface area (Å²) in [5.41, 5.74) is 2.19. The molecule has 0 fully saturated rings. The fourth-order valence-corrected chi connectivity index (χ4v) is 3.78. The van der Waals surface area contributed by atoms with E-state index < -0.39 is 6.10 Å². The summed E-state index contributed by atoms with van der Waals surface area (Å²) in [7, 11) is 1.58. The average molecular weight is 488 g/mol. The number of benzene rings is 1. The molecule has 1 amide bonds. The molecule has 184 valence electrons. The number of methoxy groups -OCH3 is 1. The first kappa shape index (κ1) is 23.4. The predicted octanol–water partition coefficient (Wildman–Crippen LogP) is 3.75. The molecular formula is C25H25N7O4. The Labute approximate surface area is 206 Å². The Morgan fingerprint density at radius 1 is 1.11 bits per heavy atom. The second-order valence-electron chi connectivity index (χ2n) is 8.58. The third-order valence-electron chi connectivity index (χ3n) is 5.48. The number of carbonyl (C=O) groups excluding carboxylic acids is 1. The Bertz CT molecular complexity index is 1530. The number of fused-ring (bicyclic) bond motifs is 3. The third-order valence-corrected chi connectivity index (χ3v) is 5.48. The monoisotopic (exact) mass is 487 g/mol. The van der Waals surface area contributed by atoms with E-state index in [1.165, 1.54) is 0 Å². The van der Waals surface area contributed by atoms with Gasteiger partial charge in [0.15, 0.2) is 17.1 Å². The van der Waals surface area contributed by atoms with Crippen LogP contribution in [-0.4, -0.2) is 49.0 Å². The van der Waals surface area contributed by atoms with Gasteiger partial charge >= 0.3 is 0 Å². The van der Waals surface area contributed by atoms with Crippen molar-refractivity contribution in [3.05, 3.63) is 65.7 Å². The van der Waals surface area contributed by atoms with Crippen molar-refractivity contribution in [3.63, 3.8) is 0 Å². The number of nitrogens with one attached hydrogen (secondary N) is 1. The van der Waals surface area contributed by atoms with Crippen LogP contribution in [0.15, 0.2) is 53.2 Å². The number of hydrogen-bond donors (Lipinski definition) is 1. The summed E-state index contributed by atoms with van der Waals surface area (Å²) in [5, 5.41) is 21.9. The van der Waals surface area contributed by atoms with Gasteiger partial charge in [0.2, 0.25) is 11.7 Å². The van der Waals surface area contributed by atoms with E-state index in [2.05, 4.69) is 25.7 Å². The smallest absolute Gasteiger partial charge is 0.253 e. The summed E-state index contributed by atoms with van der Waals surface area (Å²) >= 11 is 0. The molecule has 0 radical (unpaired) electrons. The van der Waals surface area contributed by atoms with E-state index in [0.29, 0.717) is 40.1 Å². The maximum absolute atomic E-state index is 12.2. The molecule has 0 aliphatic rings. The van der Waals surface area contributed by atoms with Gasteiger partial charge in [-0.15, -0.1) is 15.3 Å². The summed E-state index contributed by atoms with van der Waals surface area (Å²) in [6.45, 7) is 5.98. The van der Waals surface area contributed by atoms with Crippen LogP contribution in [0.2, 0.25) is 0 Å². The van der Waals surface area contributed by atoms with Gasteiger partial charge in [-0.1, -0.05) is 23.4 Å². The quantitative estimate of drug-likeness (QED) is 0.348. The van der Waals surface area contributed by atoms with Crippen LogP contribution >= 0.6 is 0 Å². The van der Waals surface area contributed by atoms with Crippen molar-refractivity contribution in [2.24, 2.45) is 0 Å². The molecule has 11 nitrogen and oxygen atoms in total. The third kappa shape index (κ3) is 4.48. The van der Waals surface area contributed by atoms with Crippen LogP contribution in [0.5, 0.6) is 5.88 Å². The van der Waals surface area contributed by atoms with Crippen molar-refractivity contribution < 1.29 is 18.8 Å². The van der Waals surface area contributed by atoms with Crippen molar-refractivity contribution in [2.45, 2.75) is 39.5 Å². The first-order valence-corrected chi connectivity index (χ1v) is 11.5. The van der Waals surface area contributed by atoms with E-state index >= 15 is 0 Å². The average Bonchev–Trinajstić information content (AvgIpc) is 3.51. The topological polar surface area (TPSA) is 130 Å². The lowest BCUT2D eigenvalue weighted by Gasteiger charge is -2.16. The highest BCUT2D eigenvalue weighted by Crippen LogP contribution is 2.31. The van der Waals surface area contributed by atoms with Crippen molar-refractivity contribution in [1.29, 1.82) is 0 Å². The minimum Gasteiger partial charge on any atom is -0.467 e. The van der Waals surface area contributed by atoms with E-state index in [9.17, 15) is 4.79 Å². The highest BCUT2D eigenvalue weighted by Gasteiger charge is 2.21. The normalized spacial score (nSPS) is 12.4. The standard InChI is InChI=1S/C25H25N7O4/c1-14(2)27-24(33)16-9-10-20(26-12-16)15(3)35-25-19-8-6-5-7-18(19)22-28-29-23(32(22)30-25)21-11-17(13-34-4)36-31-21/h5-12,14-15H,13H2,1-4H3,(H,27,33). The van der Waals surface area contributed by atoms with E-state index in [-0.39, 0.29) is 18.6 Å². The van der Waals surface area contributed by atoms with Crippen LogP contribution in [0, 0.1) is 0 Å². The molecule has 0 bridgehead atoms. The number of carbonyl (C=O) groups is 1. The summed E-state index contributed by atoms with van der Waals surface area (Å²) in [4.78, 5) is 16.7. The van der Waals surface area contributed by atoms with E-state index in [1.807, 2.05) is 45.0 Å². The van der Waals surface area contributed by atoms with Gasteiger partial charge in [0.1, 0.15) is 12.7 Å². The molecule has 0 saturated heterocycles. The Morgan fingerprint density at radius 2 is 1.92 bits per heavy atom. The Hall–Kier alpha value is -4.38. The summed E-state index contributed by atoms with van der Waals surface area (Å²) in [6.07, 6.45) is 1.10. The van der Waals surface area contributed by atoms with Gasteiger partial charge in [-0.05, 0) is 39.0 Å². The number of pyridine rings is 1. The molecule has 1 atom stereocenters. The molecule has 0 saturated carbocycles. The minimum atomic E-state index is -0.444. The molecule has 0 spiro atoms. The van der Waals surface area contributed by atoms with Crippen molar-refractivity contribution >= 4 is 22.3 Å². The lowest BCUT2D eigenvalue weighted by molar-refractivity contribution is 0.0942. The van der Waals surface area contributed by atoms with Crippen molar-refractivity contribution in [3.8, 4) is 17.4 Å². The van der Waals surface area contributed by atoms with Crippen molar-refractivity contribution in [1.82, 2.24) is 35.3 Å². The molecule has 0 aliphatic carbocycles. The number of rotatable bonds is 8. The van der Waals surface area contributed by atoms with Gasteiger partial charge in [0.05, 0.1) is 11.3 Å². The predicted molar refractivity (Wildman–Crippen MR) is 130 cm³/mol. The fourth-order valence-electron chi connectivity index (χ4n) is 3.78. The van der Waals surface area contributed by atoms with Gasteiger partial charge in [0.25, 0.3) is 5.91 Å².